The van der Waals surface area contributed by atoms with E-state index in [1.54, 1.807) is 0 Å². The van der Waals surface area contributed by atoms with Gasteiger partial charge < -0.3 is 10.2 Å². The lowest BCUT2D eigenvalue weighted by Gasteiger charge is -2.24. The fourth-order valence-electron chi connectivity index (χ4n) is 2.76. The van der Waals surface area contributed by atoms with Crippen molar-refractivity contribution in [3.05, 3.63) is 27.2 Å². The molecule has 1 aliphatic heterocycles. The molecule has 2 nitrogen and oxygen atoms in total. The normalized spacial score (nSPS) is 21.0. The van der Waals surface area contributed by atoms with E-state index in [4.69, 9.17) is 11.6 Å². The lowest BCUT2D eigenvalue weighted by atomic mass is 10.1. The van der Waals surface area contributed by atoms with Crippen LogP contribution in [0.15, 0.2) is 16.6 Å². The number of likely N-dealkylation sites (tertiary alicyclic amines) is 1. The predicted molar refractivity (Wildman–Crippen MR) is 91.9 cm³/mol. The molecule has 1 aliphatic rings. The molecule has 0 aromatic heterocycles. The summed E-state index contributed by atoms with van der Waals surface area (Å²) in [6, 6.07) is 5.30. The molecule has 1 N–H and O–H groups in total. The van der Waals surface area contributed by atoms with Crippen molar-refractivity contribution in [3.63, 3.8) is 0 Å². The van der Waals surface area contributed by atoms with Crippen LogP contribution in [0.25, 0.3) is 0 Å². The van der Waals surface area contributed by atoms with Crippen molar-refractivity contribution in [2.75, 3.05) is 18.4 Å². The standard InChI is InChI=1S/C16H24BrClN2/c1-11(2)20-7-4-5-13(6-8-20)19-16-10-15(18)12(3)9-14(16)17/h9-11,13,19H,4-8H2,1-3H3. The van der Waals surface area contributed by atoms with Gasteiger partial charge in [0.25, 0.3) is 0 Å². The second-order valence-corrected chi connectivity index (χ2v) is 7.24. The highest BCUT2D eigenvalue weighted by Gasteiger charge is 2.19. The van der Waals surface area contributed by atoms with Crippen molar-refractivity contribution in [2.45, 2.75) is 52.1 Å². The lowest BCUT2D eigenvalue weighted by molar-refractivity contribution is 0.230. The van der Waals surface area contributed by atoms with E-state index < -0.39 is 0 Å². The van der Waals surface area contributed by atoms with Crippen LogP contribution in [0.2, 0.25) is 5.02 Å². The van der Waals surface area contributed by atoms with Crippen molar-refractivity contribution < 1.29 is 0 Å². The van der Waals surface area contributed by atoms with Gasteiger partial charge in [-0.05, 0) is 80.2 Å². The zero-order chi connectivity index (χ0) is 14.7. The van der Waals surface area contributed by atoms with Gasteiger partial charge in [0.15, 0.2) is 0 Å². The molecule has 4 heteroatoms. The van der Waals surface area contributed by atoms with E-state index in [0.717, 1.165) is 20.7 Å². The Morgan fingerprint density at radius 2 is 2.05 bits per heavy atom. The summed E-state index contributed by atoms with van der Waals surface area (Å²) in [5.41, 5.74) is 2.22. The number of aryl methyl sites for hydroxylation is 1. The van der Waals surface area contributed by atoms with E-state index in [2.05, 4.69) is 46.1 Å². The highest BCUT2D eigenvalue weighted by molar-refractivity contribution is 9.10. The molecule has 0 spiro atoms. The highest BCUT2D eigenvalue weighted by Crippen LogP contribution is 2.30. The molecule has 1 fully saturated rings. The Morgan fingerprint density at radius 1 is 1.30 bits per heavy atom. The van der Waals surface area contributed by atoms with Crippen molar-refractivity contribution in [2.24, 2.45) is 0 Å². The molecule has 1 heterocycles. The number of anilines is 1. The molecule has 1 saturated heterocycles. The number of benzene rings is 1. The Labute approximate surface area is 136 Å². The third-order valence-corrected chi connectivity index (χ3v) is 5.16. The molecule has 0 bridgehead atoms. The molecule has 0 saturated carbocycles. The summed E-state index contributed by atoms with van der Waals surface area (Å²) in [4.78, 5) is 2.57. The maximum Gasteiger partial charge on any atom is 0.0501 e. The predicted octanol–water partition coefficient (Wildman–Crippen LogP) is 5.09. The van der Waals surface area contributed by atoms with Gasteiger partial charge in [-0.25, -0.2) is 0 Å². The first-order chi connectivity index (χ1) is 9.47. The zero-order valence-electron chi connectivity index (χ0n) is 12.5. The topological polar surface area (TPSA) is 15.3 Å². The van der Waals surface area contributed by atoms with Gasteiger partial charge in [-0.2, -0.15) is 0 Å². The summed E-state index contributed by atoms with van der Waals surface area (Å²) < 4.78 is 1.10. The third kappa shape index (κ3) is 4.12. The van der Waals surface area contributed by atoms with Crippen molar-refractivity contribution >= 4 is 33.2 Å². The van der Waals surface area contributed by atoms with Gasteiger partial charge in [0, 0.05) is 28.1 Å². The average Bonchev–Trinajstić information content (AvgIpc) is 2.61. The first-order valence-corrected chi connectivity index (χ1v) is 8.60. The van der Waals surface area contributed by atoms with Crippen molar-refractivity contribution in [1.82, 2.24) is 4.90 Å². The zero-order valence-corrected chi connectivity index (χ0v) is 14.9. The molecule has 0 aliphatic carbocycles. The van der Waals surface area contributed by atoms with E-state index in [1.807, 2.05) is 13.0 Å². The van der Waals surface area contributed by atoms with Gasteiger partial charge in [0.05, 0.1) is 5.69 Å². The Kier molecular flexibility index (Phi) is 5.76. The van der Waals surface area contributed by atoms with Crippen molar-refractivity contribution in [1.29, 1.82) is 0 Å². The maximum atomic E-state index is 6.23. The molecule has 0 amide bonds. The fourth-order valence-corrected chi connectivity index (χ4v) is 3.49. The second-order valence-electron chi connectivity index (χ2n) is 5.98. The Morgan fingerprint density at radius 3 is 2.75 bits per heavy atom. The fraction of sp³-hybridized carbons (Fsp3) is 0.625. The highest BCUT2D eigenvalue weighted by atomic mass is 79.9. The smallest absolute Gasteiger partial charge is 0.0501 e. The summed E-state index contributed by atoms with van der Waals surface area (Å²) in [6.07, 6.45) is 3.67. The minimum atomic E-state index is 0.536. The maximum absolute atomic E-state index is 6.23. The second kappa shape index (κ2) is 7.15. The minimum absolute atomic E-state index is 0.536. The number of nitrogens with one attached hydrogen (secondary N) is 1. The molecule has 2 rings (SSSR count). The van der Waals surface area contributed by atoms with E-state index >= 15 is 0 Å². The van der Waals surface area contributed by atoms with Crippen LogP contribution in [0.4, 0.5) is 5.69 Å². The van der Waals surface area contributed by atoms with Crippen LogP contribution in [-0.4, -0.2) is 30.1 Å². The number of hydrogen-bond donors (Lipinski definition) is 1. The summed E-state index contributed by atoms with van der Waals surface area (Å²) in [5.74, 6) is 0. The molecule has 0 radical (unpaired) electrons. The molecule has 1 atom stereocenters. The van der Waals surface area contributed by atoms with Crippen LogP contribution in [0.1, 0.15) is 38.7 Å². The quantitative estimate of drug-likeness (QED) is 0.809. The molecule has 1 aromatic rings. The van der Waals surface area contributed by atoms with E-state index in [0.29, 0.717) is 12.1 Å². The molecule has 1 unspecified atom stereocenters. The molecule has 1 aromatic carbocycles. The van der Waals surface area contributed by atoms with Gasteiger partial charge in [0.2, 0.25) is 0 Å². The van der Waals surface area contributed by atoms with Gasteiger partial charge in [0.1, 0.15) is 0 Å². The van der Waals surface area contributed by atoms with Gasteiger partial charge in [-0.1, -0.05) is 11.6 Å². The first-order valence-electron chi connectivity index (χ1n) is 7.43. The minimum Gasteiger partial charge on any atom is -0.381 e. The number of hydrogen-bond acceptors (Lipinski definition) is 2. The monoisotopic (exact) mass is 358 g/mol. The largest absolute Gasteiger partial charge is 0.381 e. The number of halogens is 2. The SMILES string of the molecule is Cc1cc(Br)c(NC2CCCN(C(C)C)CC2)cc1Cl. The molecular weight excluding hydrogens is 336 g/mol. The average molecular weight is 360 g/mol. The molecular formula is C16H24BrClN2. The third-order valence-electron chi connectivity index (χ3n) is 4.10. The molecule has 20 heavy (non-hydrogen) atoms. The van der Waals surface area contributed by atoms with Gasteiger partial charge in [-0.15, -0.1) is 0 Å². The van der Waals surface area contributed by atoms with E-state index in [1.165, 1.54) is 32.4 Å². The van der Waals surface area contributed by atoms with Crippen LogP contribution in [-0.2, 0) is 0 Å². The number of rotatable bonds is 3. The molecule has 112 valence electrons. The van der Waals surface area contributed by atoms with Crippen LogP contribution in [0.3, 0.4) is 0 Å². The Bertz CT molecular complexity index is 462. The van der Waals surface area contributed by atoms with Crippen molar-refractivity contribution in [3.8, 4) is 0 Å². The van der Waals surface area contributed by atoms with Gasteiger partial charge >= 0.3 is 0 Å². The Hall–Kier alpha value is -0.250. The summed E-state index contributed by atoms with van der Waals surface area (Å²) in [5, 5.41) is 4.49. The van der Waals surface area contributed by atoms with E-state index in [-0.39, 0.29) is 0 Å². The van der Waals surface area contributed by atoms with Crippen LogP contribution in [0, 0.1) is 6.92 Å². The van der Waals surface area contributed by atoms with E-state index in [9.17, 15) is 0 Å². The Balaban J connectivity index is 2.02. The summed E-state index contributed by atoms with van der Waals surface area (Å²) >= 11 is 9.86. The lowest BCUT2D eigenvalue weighted by Crippen LogP contribution is -2.32. The van der Waals surface area contributed by atoms with Crippen LogP contribution < -0.4 is 5.32 Å². The first kappa shape index (κ1) is 16.1. The summed E-state index contributed by atoms with van der Waals surface area (Å²) in [6.45, 7) is 8.98. The number of nitrogens with zero attached hydrogens (tertiary/aromatic N) is 1. The van der Waals surface area contributed by atoms with Crippen LogP contribution in [0.5, 0.6) is 0 Å². The summed E-state index contributed by atoms with van der Waals surface area (Å²) in [7, 11) is 0. The van der Waals surface area contributed by atoms with Crippen LogP contribution >= 0.6 is 27.5 Å². The van der Waals surface area contributed by atoms with Gasteiger partial charge in [-0.3, -0.25) is 0 Å².